The fourth-order valence-corrected chi connectivity index (χ4v) is 4.10. The summed E-state index contributed by atoms with van der Waals surface area (Å²) in [5.41, 5.74) is 0. The van der Waals surface area contributed by atoms with E-state index in [0.29, 0.717) is 5.91 Å². The molecule has 0 aromatic rings. The second-order valence-corrected chi connectivity index (χ2v) is 6.99. The zero-order valence-electron chi connectivity index (χ0n) is 11.2. The van der Waals surface area contributed by atoms with Crippen LogP contribution in [0.2, 0.25) is 0 Å². The maximum absolute atomic E-state index is 12.6. The monoisotopic (exact) mass is 272 g/mol. The van der Waals surface area contributed by atoms with Crippen LogP contribution in [0, 0.1) is 0 Å². The zero-order chi connectivity index (χ0) is 13.0. The van der Waals surface area contributed by atoms with Crippen molar-refractivity contribution in [3.63, 3.8) is 0 Å². The number of hydrogen-bond acceptors (Lipinski definition) is 4. The molecule has 1 unspecified atom stereocenters. The lowest BCUT2D eigenvalue weighted by Gasteiger charge is -2.30. The van der Waals surface area contributed by atoms with Gasteiger partial charge < -0.3 is 10.0 Å². The first-order chi connectivity index (χ1) is 8.65. The van der Waals surface area contributed by atoms with Crippen molar-refractivity contribution in [1.82, 2.24) is 9.80 Å². The van der Waals surface area contributed by atoms with Gasteiger partial charge in [-0.25, -0.2) is 0 Å². The van der Waals surface area contributed by atoms with Gasteiger partial charge in [-0.1, -0.05) is 0 Å². The quantitative estimate of drug-likeness (QED) is 0.825. The standard InChI is InChI=1S/C13H24N2O2S/c1-13(4-2-11-18-13)12(17)15-6-3-5-14(7-8-15)9-10-16/h16H,2-11H2,1H3. The van der Waals surface area contributed by atoms with Gasteiger partial charge in [-0.3, -0.25) is 9.69 Å². The molecule has 2 heterocycles. The Hall–Kier alpha value is -0.260. The number of aliphatic hydroxyl groups is 1. The summed E-state index contributed by atoms with van der Waals surface area (Å²) in [6.07, 6.45) is 3.21. The Morgan fingerprint density at radius 3 is 2.78 bits per heavy atom. The summed E-state index contributed by atoms with van der Waals surface area (Å²) in [7, 11) is 0. The molecule has 0 saturated carbocycles. The van der Waals surface area contributed by atoms with E-state index in [1.807, 2.05) is 16.7 Å². The minimum atomic E-state index is -0.174. The smallest absolute Gasteiger partial charge is 0.238 e. The molecule has 1 N–H and O–H groups in total. The van der Waals surface area contributed by atoms with E-state index in [1.54, 1.807) is 0 Å². The molecule has 2 aliphatic rings. The van der Waals surface area contributed by atoms with Crippen molar-refractivity contribution < 1.29 is 9.90 Å². The van der Waals surface area contributed by atoms with Gasteiger partial charge in [0.25, 0.3) is 0 Å². The third-order valence-electron chi connectivity index (χ3n) is 3.96. The van der Waals surface area contributed by atoms with Crippen LogP contribution in [0.15, 0.2) is 0 Å². The van der Waals surface area contributed by atoms with Crippen molar-refractivity contribution in [3.05, 3.63) is 0 Å². The molecule has 0 aromatic carbocycles. The molecule has 104 valence electrons. The van der Waals surface area contributed by atoms with E-state index < -0.39 is 0 Å². The number of aliphatic hydroxyl groups excluding tert-OH is 1. The first kappa shape index (κ1) is 14.2. The fourth-order valence-electron chi connectivity index (χ4n) is 2.82. The average molecular weight is 272 g/mol. The van der Waals surface area contributed by atoms with Gasteiger partial charge in [0.05, 0.1) is 11.4 Å². The third kappa shape index (κ3) is 3.19. The number of hydrogen-bond donors (Lipinski definition) is 1. The lowest BCUT2D eigenvalue weighted by Crippen LogP contribution is -2.45. The van der Waals surface area contributed by atoms with E-state index >= 15 is 0 Å². The van der Waals surface area contributed by atoms with Crippen molar-refractivity contribution in [2.24, 2.45) is 0 Å². The summed E-state index contributed by atoms with van der Waals surface area (Å²) < 4.78 is -0.174. The highest BCUT2D eigenvalue weighted by Crippen LogP contribution is 2.39. The number of rotatable bonds is 3. The zero-order valence-corrected chi connectivity index (χ0v) is 12.0. The predicted octanol–water partition coefficient (Wildman–Crippen LogP) is 0.799. The van der Waals surface area contributed by atoms with Gasteiger partial charge in [0.15, 0.2) is 0 Å². The molecule has 2 saturated heterocycles. The van der Waals surface area contributed by atoms with Crippen LogP contribution in [0.1, 0.15) is 26.2 Å². The topological polar surface area (TPSA) is 43.8 Å². The van der Waals surface area contributed by atoms with E-state index in [-0.39, 0.29) is 11.4 Å². The lowest BCUT2D eigenvalue weighted by molar-refractivity contribution is -0.133. The minimum Gasteiger partial charge on any atom is -0.395 e. The number of carbonyl (C=O) groups is 1. The van der Waals surface area contributed by atoms with Gasteiger partial charge in [-0.15, -0.1) is 11.8 Å². The SMILES string of the molecule is CC1(C(=O)N2CCCN(CCO)CC2)CCCS1. The molecule has 1 amide bonds. The molecule has 0 spiro atoms. The molecule has 2 rings (SSSR count). The van der Waals surface area contributed by atoms with Gasteiger partial charge in [0.1, 0.15) is 0 Å². The van der Waals surface area contributed by atoms with E-state index in [9.17, 15) is 4.79 Å². The van der Waals surface area contributed by atoms with Crippen LogP contribution in [0.5, 0.6) is 0 Å². The molecular weight excluding hydrogens is 248 g/mol. The van der Waals surface area contributed by atoms with Crippen LogP contribution in [0.4, 0.5) is 0 Å². The molecule has 0 bridgehead atoms. The number of amides is 1. The highest BCUT2D eigenvalue weighted by molar-refractivity contribution is 8.01. The van der Waals surface area contributed by atoms with Gasteiger partial charge in [-0.2, -0.15) is 0 Å². The van der Waals surface area contributed by atoms with Crippen LogP contribution < -0.4 is 0 Å². The maximum Gasteiger partial charge on any atom is 0.238 e. The van der Waals surface area contributed by atoms with E-state index in [4.69, 9.17) is 5.11 Å². The van der Waals surface area contributed by atoms with Gasteiger partial charge in [-0.05, 0) is 38.5 Å². The molecule has 1 atom stereocenters. The van der Waals surface area contributed by atoms with Crippen LogP contribution in [-0.4, -0.2) is 70.6 Å². The highest BCUT2D eigenvalue weighted by Gasteiger charge is 2.40. The highest BCUT2D eigenvalue weighted by atomic mass is 32.2. The van der Waals surface area contributed by atoms with Crippen molar-refractivity contribution in [1.29, 1.82) is 0 Å². The van der Waals surface area contributed by atoms with Crippen LogP contribution in [0.25, 0.3) is 0 Å². The Bertz CT molecular complexity index is 293. The normalized spacial score (nSPS) is 30.4. The second-order valence-electron chi connectivity index (χ2n) is 5.39. The molecule has 0 aromatic heterocycles. The molecule has 0 radical (unpaired) electrons. The summed E-state index contributed by atoms with van der Waals surface area (Å²) >= 11 is 1.82. The van der Waals surface area contributed by atoms with Crippen molar-refractivity contribution in [2.75, 3.05) is 45.1 Å². The second kappa shape index (κ2) is 6.26. The Morgan fingerprint density at radius 1 is 1.28 bits per heavy atom. The van der Waals surface area contributed by atoms with Crippen LogP contribution >= 0.6 is 11.8 Å². The minimum absolute atomic E-state index is 0.174. The summed E-state index contributed by atoms with van der Waals surface area (Å²) in [5.74, 6) is 1.45. The summed E-state index contributed by atoms with van der Waals surface area (Å²) in [5, 5.41) is 8.97. The maximum atomic E-state index is 12.6. The molecule has 2 fully saturated rings. The summed E-state index contributed by atoms with van der Waals surface area (Å²) in [6.45, 7) is 6.62. The van der Waals surface area contributed by atoms with E-state index in [0.717, 1.165) is 57.7 Å². The van der Waals surface area contributed by atoms with Crippen molar-refractivity contribution >= 4 is 17.7 Å². The van der Waals surface area contributed by atoms with Crippen LogP contribution in [0.3, 0.4) is 0 Å². The largest absolute Gasteiger partial charge is 0.395 e. The lowest BCUT2D eigenvalue weighted by atomic mass is 10.0. The average Bonchev–Trinajstić information content (AvgIpc) is 2.68. The predicted molar refractivity (Wildman–Crippen MR) is 74.8 cm³/mol. The van der Waals surface area contributed by atoms with Gasteiger partial charge in [0, 0.05) is 26.2 Å². The molecule has 0 aliphatic carbocycles. The Morgan fingerprint density at radius 2 is 2.11 bits per heavy atom. The van der Waals surface area contributed by atoms with Crippen molar-refractivity contribution in [2.45, 2.75) is 30.9 Å². The number of thioether (sulfide) groups is 1. The Balaban J connectivity index is 1.91. The first-order valence-electron chi connectivity index (χ1n) is 6.92. The molecule has 18 heavy (non-hydrogen) atoms. The Kier molecular flexibility index (Phi) is 4.92. The van der Waals surface area contributed by atoms with E-state index in [1.165, 1.54) is 0 Å². The van der Waals surface area contributed by atoms with Gasteiger partial charge >= 0.3 is 0 Å². The number of β-amino-alcohol motifs (C(OH)–C–C–N with tert-alkyl or cyclic N) is 1. The summed E-state index contributed by atoms with van der Waals surface area (Å²) in [6, 6.07) is 0. The first-order valence-corrected chi connectivity index (χ1v) is 7.91. The number of carbonyl (C=O) groups excluding carboxylic acids is 1. The molecule has 4 nitrogen and oxygen atoms in total. The van der Waals surface area contributed by atoms with E-state index in [2.05, 4.69) is 11.8 Å². The third-order valence-corrected chi connectivity index (χ3v) is 5.47. The molecule has 5 heteroatoms. The Labute approximate surface area is 114 Å². The van der Waals surface area contributed by atoms with Gasteiger partial charge in [0.2, 0.25) is 5.91 Å². The fraction of sp³-hybridized carbons (Fsp3) is 0.923. The summed E-state index contributed by atoms with van der Waals surface area (Å²) in [4.78, 5) is 16.9. The molecular formula is C13H24N2O2S. The van der Waals surface area contributed by atoms with Crippen molar-refractivity contribution in [3.8, 4) is 0 Å². The number of nitrogens with zero attached hydrogens (tertiary/aromatic N) is 2. The van der Waals surface area contributed by atoms with Crippen LogP contribution in [-0.2, 0) is 4.79 Å². The molecule has 2 aliphatic heterocycles.